The van der Waals surface area contributed by atoms with Crippen molar-refractivity contribution in [3.8, 4) is 17.0 Å². The predicted molar refractivity (Wildman–Crippen MR) is 109 cm³/mol. The molecule has 8 heteroatoms. The van der Waals surface area contributed by atoms with E-state index in [1.807, 2.05) is 12.1 Å². The summed E-state index contributed by atoms with van der Waals surface area (Å²) in [5, 5.41) is 5.01. The van der Waals surface area contributed by atoms with E-state index in [0.717, 1.165) is 33.7 Å². The van der Waals surface area contributed by atoms with Crippen LogP contribution in [0, 0.1) is 0 Å². The van der Waals surface area contributed by atoms with E-state index in [4.69, 9.17) is 16.3 Å². The van der Waals surface area contributed by atoms with Crippen molar-refractivity contribution in [2.45, 2.75) is 10.5 Å². The molecule has 0 amide bonds. The average Bonchev–Trinajstić information content (AvgIpc) is 2.63. The lowest BCUT2D eigenvalue weighted by atomic mass is 10.1. The Morgan fingerprint density at radius 3 is 2.33 bits per heavy atom. The highest BCUT2D eigenvalue weighted by molar-refractivity contribution is 14.1. The molecular formula is C19H14ClF2IN2O2. The van der Waals surface area contributed by atoms with Gasteiger partial charge in [-0.05, 0) is 48.0 Å². The van der Waals surface area contributed by atoms with Crippen molar-refractivity contribution in [3.05, 3.63) is 81.6 Å². The van der Waals surface area contributed by atoms with Crippen LogP contribution < -0.4 is 10.3 Å². The van der Waals surface area contributed by atoms with Crippen LogP contribution in [0.15, 0.2) is 65.5 Å². The Morgan fingerprint density at radius 2 is 1.70 bits per heavy atom. The molecule has 0 bridgehead atoms. The molecule has 0 aliphatic heterocycles. The van der Waals surface area contributed by atoms with Crippen LogP contribution >= 0.6 is 34.2 Å². The topological polar surface area (TPSA) is 44.1 Å². The first-order chi connectivity index (χ1) is 12.8. The van der Waals surface area contributed by atoms with E-state index in [1.165, 1.54) is 10.7 Å². The standard InChI is InChI=1S/C19H14ClF2IN2O2/c20-15-5-1-13(2-6-15)11-25-18(26)10-9-17(24-25)14-3-7-16(8-4-14)27-12-19(21,22)23/h1-10H,11-12H2. The van der Waals surface area contributed by atoms with Crippen molar-refractivity contribution < 1.29 is 13.5 Å². The third kappa shape index (κ3) is 5.74. The van der Waals surface area contributed by atoms with Gasteiger partial charge in [-0.2, -0.15) is 13.9 Å². The van der Waals surface area contributed by atoms with E-state index >= 15 is 0 Å². The van der Waals surface area contributed by atoms with Crippen molar-refractivity contribution in [2.75, 3.05) is 6.61 Å². The number of aromatic nitrogens is 2. The predicted octanol–water partition coefficient (Wildman–Crippen LogP) is 5.02. The van der Waals surface area contributed by atoms with Gasteiger partial charge in [-0.3, -0.25) is 4.79 Å². The van der Waals surface area contributed by atoms with Crippen LogP contribution in [0.5, 0.6) is 5.75 Å². The molecule has 0 saturated carbocycles. The Morgan fingerprint density at radius 1 is 1.04 bits per heavy atom. The molecule has 27 heavy (non-hydrogen) atoms. The first kappa shape index (κ1) is 19.8. The number of rotatable bonds is 6. The highest BCUT2D eigenvalue weighted by atomic mass is 127. The minimum Gasteiger partial charge on any atom is -0.486 e. The molecule has 2 aromatic carbocycles. The first-order valence-electron chi connectivity index (χ1n) is 7.93. The molecule has 1 aromatic heterocycles. The summed E-state index contributed by atoms with van der Waals surface area (Å²) in [7, 11) is 0. The quantitative estimate of drug-likeness (QED) is 0.351. The Kier molecular flexibility index (Phi) is 6.11. The number of alkyl halides is 3. The maximum absolute atomic E-state index is 12.8. The summed E-state index contributed by atoms with van der Waals surface area (Å²) in [6.45, 7) is -0.382. The van der Waals surface area contributed by atoms with Crippen LogP contribution in [0.1, 0.15) is 5.56 Å². The van der Waals surface area contributed by atoms with Crippen LogP contribution in [-0.2, 0) is 6.54 Å². The largest absolute Gasteiger partial charge is 0.486 e. The van der Waals surface area contributed by atoms with Gasteiger partial charge in [-0.15, -0.1) is 0 Å². The zero-order valence-corrected chi connectivity index (χ0v) is 16.8. The lowest BCUT2D eigenvalue weighted by Crippen LogP contribution is -2.22. The van der Waals surface area contributed by atoms with Crippen molar-refractivity contribution >= 4 is 34.2 Å². The molecule has 0 atom stereocenters. The summed E-state index contributed by atoms with van der Waals surface area (Å²) in [4.78, 5) is 12.1. The van der Waals surface area contributed by atoms with E-state index in [0.29, 0.717) is 23.0 Å². The minimum atomic E-state index is -2.92. The van der Waals surface area contributed by atoms with Crippen LogP contribution in [0.3, 0.4) is 0 Å². The number of halogens is 4. The van der Waals surface area contributed by atoms with E-state index in [-0.39, 0.29) is 5.56 Å². The second-order valence-electron chi connectivity index (χ2n) is 5.77. The number of benzene rings is 2. The molecule has 0 unspecified atom stereocenters. The number of hydrogen-bond donors (Lipinski definition) is 0. The number of ether oxygens (including phenoxy) is 1. The molecule has 0 spiro atoms. The molecule has 4 nitrogen and oxygen atoms in total. The van der Waals surface area contributed by atoms with Gasteiger partial charge in [0.05, 0.1) is 12.2 Å². The van der Waals surface area contributed by atoms with Gasteiger partial charge < -0.3 is 4.74 Å². The molecule has 0 saturated heterocycles. The Hall–Kier alpha value is -2.00. The van der Waals surface area contributed by atoms with Crippen molar-refractivity contribution in [3.63, 3.8) is 0 Å². The highest BCUT2D eigenvalue weighted by Gasteiger charge is 2.24. The maximum Gasteiger partial charge on any atom is 0.329 e. The summed E-state index contributed by atoms with van der Waals surface area (Å²) in [6.07, 6.45) is 0. The summed E-state index contributed by atoms with van der Waals surface area (Å²) in [5.41, 5.74) is 2.01. The fourth-order valence-corrected chi connectivity index (χ4v) is 2.65. The second-order valence-corrected chi connectivity index (χ2v) is 7.78. The molecule has 0 radical (unpaired) electrons. The van der Waals surface area contributed by atoms with Gasteiger partial charge in [0.25, 0.3) is 5.56 Å². The molecule has 1 heterocycles. The molecule has 0 fully saturated rings. The molecule has 3 aromatic rings. The fraction of sp³-hybridized carbons (Fsp3) is 0.158. The third-order valence-electron chi connectivity index (χ3n) is 3.66. The number of hydrogen-bond acceptors (Lipinski definition) is 3. The van der Waals surface area contributed by atoms with Crippen LogP contribution in [0.2, 0.25) is 5.02 Å². The van der Waals surface area contributed by atoms with Crippen LogP contribution in [0.4, 0.5) is 8.78 Å². The highest BCUT2D eigenvalue weighted by Crippen LogP contribution is 2.25. The van der Waals surface area contributed by atoms with Gasteiger partial charge in [-0.25, -0.2) is 4.68 Å². The lowest BCUT2D eigenvalue weighted by molar-refractivity contribution is 0.0647. The molecular weight excluding hydrogens is 489 g/mol. The normalized spacial score (nSPS) is 11.4. The van der Waals surface area contributed by atoms with Crippen molar-refractivity contribution in [1.82, 2.24) is 9.78 Å². The smallest absolute Gasteiger partial charge is 0.329 e. The Bertz CT molecular complexity index is 971. The zero-order valence-electron chi connectivity index (χ0n) is 13.9. The first-order valence-corrected chi connectivity index (χ1v) is 9.38. The fourth-order valence-electron chi connectivity index (χ4n) is 2.37. The van der Waals surface area contributed by atoms with Gasteiger partial charge >= 0.3 is 3.93 Å². The Labute approximate surface area is 172 Å². The third-order valence-corrected chi connectivity index (χ3v) is 4.23. The zero-order chi connectivity index (χ0) is 19.4. The molecule has 0 aliphatic rings. The summed E-state index contributed by atoms with van der Waals surface area (Å²) in [5.74, 6) is 0.338. The van der Waals surface area contributed by atoms with E-state index in [2.05, 4.69) is 5.10 Å². The van der Waals surface area contributed by atoms with E-state index in [1.54, 1.807) is 42.5 Å². The van der Waals surface area contributed by atoms with Crippen molar-refractivity contribution in [2.24, 2.45) is 0 Å². The molecule has 0 aliphatic carbocycles. The van der Waals surface area contributed by atoms with Gasteiger partial charge in [0, 0.05) is 39.2 Å². The maximum atomic E-state index is 12.8. The minimum absolute atomic E-state index is 0.224. The second kappa shape index (κ2) is 8.35. The molecule has 140 valence electrons. The lowest BCUT2D eigenvalue weighted by Gasteiger charge is -2.11. The van der Waals surface area contributed by atoms with E-state index in [9.17, 15) is 13.6 Å². The average molecular weight is 503 g/mol. The summed E-state index contributed by atoms with van der Waals surface area (Å²) >= 11 is 6.90. The molecule has 3 rings (SSSR count). The SMILES string of the molecule is O=c1ccc(-c2ccc(OCC(F)(F)I)cc2)nn1Cc1ccc(Cl)cc1. The van der Waals surface area contributed by atoms with Crippen LogP contribution in [0.25, 0.3) is 11.3 Å². The summed E-state index contributed by atoms with van der Waals surface area (Å²) < 4.78 is 29.2. The van der Waals surface area contributed by atoms with Gasteiger partial charge in [-0.1, -0.05) is 23.7 Å². The van der Waals surface area contributed by atoms with E-state index < -0.39 is 10.5 Å². The number of nitrogens with zero attached hydrogens (tertiary/aromatic N) is 2. The monoisotopic (exact) mass is 502 g/mol. The van der Waals surface area contributed by atoms with Crippen molar-refractivity contribution in [1.29, 1.82) is 0 Å². The summed E-state index contributed by atoms with van der Waals surface area (Å²) in [6, 6.07) is 16.8. The van der Waals surface area contributed by atoms with Gasteiger partial charge in [0.2, 0.25) is 0 Å². The van der Waals surface area contributed by atoms with Gasteiger partial charge in [0.1, 0.15) is 5.75 Å². The Balaban J connectivity index is 1.79. The van der Waals surface area contributed by atoms with Crippen LogP contribution in [-0.4, -0.2) is 20.3 Å². The van der Waals surface area contributed by atoms with Gasteiger partial charge in [0.15, 0.2) is 6.61 Å². The molecule has 0 N–H and O–H groups in total.